The summed E-state index contributed by atoms with van der Waals surface area (Å²) in [6.45, 7) is 1.93. The molecule has 7 nitrogen and oxygen atoms in total. The zero-order valence-electron chi connectivity index (χ0n) is 19.7. The number of methoxy groups -OCH3 is 5. The van der Waals surface area contributed by atoms with Crippen LogP contribution in [0, 0.1) is 0 Å². The second-order valence-corrected chi connectivity index (χ2v) is 8.02. The maximum absolute atomic E-state index is 9.54. The van der Waals surface area contributed by atoms with Crippen LogP contribution in [0.5, 0.6) is 28.7 Å². The number of benzene rings is 2. The van der Waals surface area contributed by atoms with Gasteiger partial charge in [0.2, 0.25) is 5.75 Å². The van der Waals surface area contributed by atoms with Crippen molar-refractivity contribution in [1.29, 1.82) is 0 Å². The van der Waals surface area contributed by atoms with Crippen molar-refractivity contribution in [2.75, 3.05) is 62.3 Å². The van der Waals surface area contributed by atoms with Crippen LogP contribution >= 0.6 is 0 Å². The second-order valence-electron chi connectivity index (χ2n) is 8.02. The first-order valence-corrected chi connectivity index (χ1v) is 10.5. The van der Waals surface area contributed by atoms with Gasteiger partial charge in [-0.05, 0) is 29.8 Å². The van der Waals surface area contributed by atoms with Crippen molar-refractivity contribution in [2.24, 2.45) is 0 Å². The molecule has 8 heteroatoms. The first-order chi connectivity index (χ1) is 15.0. The Balaban J connectivity index is 0.00000363. The molecule has 0 fully saturated rings. The quantitative estimate of drug-likeness (QED) is 0.532. The van der Waals surface area contributed by atoms with Gasteiger partial charge in [0.25, 0.3) is 0 Å². The Morgan fingerprint density at radius 1 is 0.844 bits per heavy atom. The minimum Gasteiger partial charge on any atom is -1.00 e. The van der Waals surface area contributed by atoms with Crippen molar-refractivity contribution in [3.05, 3.63) is 41.0 Å². The third-order valence-corrected chi connectivity index (χ3v) is 6.29. The van der Waals surface area contributed by atoms with Crippen LogP contribution in [0.3, 0.4) is 0 Å². The van der Waals surface area contributed by atoms with Gasteiger partial charge in [-0.3, -0.25) is 0 Å². The topological polar surface area (TPSA) is 66.4 Å². The number of hydrogen-bond acceptors (Lipinski definition) is 6. The van der Waals surface area contributed by atoms with E-state index in [2.05, 4.69) is 19.2 Å². The molecule has 2 aromatic rings. The maximum atomic E-state index is 9.54. The Hall–Kier alpha value is -2.35. The molecule has 3 rings (SSSR count). The molecule has 0 saturated heterocycles. The van der Waals surface area contributed by atoms with Crippen molar-refractivity contribution < 1.29 is 45.7 Å². The fourth-order valence-corrected chi connectivity index (χ4v) is 4.72. The molecule has 32 heavy (non-hydrogen) atoms. The van der Waals surface area contributed by atoms with Gasteiger partial charge in [-0.15, -0.1) is 0 Å². The molecule has 178 valence electrons. The predicted molar refractivity (Wildman–Crippen MR) is 119 cm³/mol. The lowest BCUT2D eigenvalue weighted by Crippen LogP contribution is -3.00. The zero-order valence-corrected chi connectivity index (χ0v) is 20.5. The third-order valence-electron chi connectivity index (χ3n) is 6.29. The fourth-order valence-electron chi connectivity index (χ4n) is 4.72. The SMILES string of the molecule is COc1cc2c(cc1OC)[C@H](c1cc(OC)c(OC)c(OC)c1)[N@+](C)(CCCO)CC2.[Cl-]. The van der Waals surface area contributed by atoms with Crippen molar-refractivity contribution >= 4 is 0 Å². The first kappa shape index (κ1) is 25.9. The van der Waals surface area contributed by atoms with Gasteiger partial charge in [0.05, 0.1) is 55.7 Å². The summed E-state index contributed by atoms with van der Waals surface area (Å²) in [6, 6.07) is 8.20. The van der Waals surface area contributed by atoms with E-state index in [1.807, 2.05) is 12.1 Å². The minimum atomic E-state index is 0. The molecule has 0 radical (unpaired) electrons. The summed E-state index contributed by atoms with van der Waals surface area (Å²) in [5.74, 6) is 3.25. The predicted octanol–water partition coefficient (Wildman–Crippen LogP) is 0.208. The molecular formula is C24H34ClNO6. The lowest BCUT2D eigenvalue weighted by atomic mass is 9.85. The highest BCUT2D eigenvalue weighted by atomic mass is 35.5. The Morgan fingerprint density at radius 3 is 1.91 bits per heavy atom. The van der Waals surface area contributed by atoms with E-state index in [4.69, 9.17) is 23.7 Å². The number of likely N-dealkylation sites (N-methyl/N-ethyl adjacent to an activating group) is 1. The summed E-state index contributed by atoms with van der Waals surface area (Å²) in [6.07, 6.45) is 1.64. The number of aliphatic hydroxyl groups excluding tert-OH is 1. The summed E-state index contributed by atoms with van der Waals surface area (Å²) >= 11 is 0. The lowest BCUT2D eigenvalue weighted by Gasteiger charge is -2.46. The molecule has 0 spiro atoms. The summed E-state index contributed by atoms with van der Waals surface area (Å²) in [5, 5.41) is 9.54. The monoisotopic (exact) mass is 467 g/mol. The Labute approximate surface area is 196 Å². The highest BCUT2D eigenvalue weighted by molar-refractivity contribution is 5.57. The fraction of sp³-hybridized carbons (Fsp3) is 0.500. The summed E-state index contributed by atoms with van der Waals surface area (Å²) in [7, 11) is 10.4. The van der Waals surface area contributed by atoms with E-state index in [1.165, 1.54) is 11.1 Å². The van der Waals surface area contributed by atoms with E-state index in [0.29, 0.717) is 23.0 Å². The van der Waals surface area contributed by atoms with Gasteiger partial charge in [-0.1, -0.05) is 0 Å². The van der Waals surface area contributed by atoms with Crippen LogP contribution in [0.4, 0.5) is 0 Å². The molecule has 0 saturated carbocycles. The van der Waals surface area contributed by atoms with Gasteiger partial charge in [-0.2, -0.15) is 0 Å². The second kappa shape index (κ2) is 11.0. The van der Waals surface area contributed by atoms with E-state index < -0.39 is 0 Å². The minimum absolute atomic E-state index is 0. The van der Waals surface area contributed by atoms with Gasteiger partial charge in [-0.25, -0.2) is 0 Å². The van der Waals surface area contributed by atoms with Crippen molar-refractivity contribution in [3.8, 4) is 28.7 Å². The van der Waals surface area contributed by atoms with Crippen LogP contribution in [0.1, 0.15) is 29.2 Å². The number of aliphatic hydroxyl groups is 1. The Kier molecular flexibility index (Phi) is 8.89. The number of fused-ring (bicyclic) bond motifs is 1. The normalized spacial score (nSPS) is 19.4. The summed E-state index contributed by atoms with van der Waals surface area (Å²) in [4.78, 5) is 0. The van der Waals surface area contributed by atoms with Gasteiger partial charge in [0.1, 0.15) is 6.04 Å². The number of halogens is 1. The van der Waals surface area contributed by atoms with Gasteiger partial charge in [0.15, 0.2) is 23.0 Å². The van der Waals surface area contributed by atoms with Gasteiger partial charge < -0.3 is 45.7 Å². The van der Waals surface area contributed by atoms with Gasteiger partial charge >= 0.3 is 0 Å². The zero-order chi connectivity index (χ0) is 22.6. The van der Waals surface area contributed by atoms with Gasteiger partial charge in [0, 0.05) is 30.6 Å². The van der Waals surface area contributed by atoms with Crippen LogP contribution in [0.15, 0.2) is 24.3 Å². The van der Waals surface area contributed by atoms with Crippen LogP contribution < -0.4 is 36.1 Å². The highest BCUT2D eigenvalue weighted by Crippen LogP contribution is 2.48. The molecule has 0 unspecified atom stereocenters. The van der Waals surface area contributed by atoms with Crippen LogP contribution in [0.2, 0.25) is 0 Å². The number of ether oxygens (including phenoxy) is 5. The average Bonchev–Trinajstić information content (AvgIpc) is 2.80. The van der Waals surface area contributed by atoms with E-state index in [1.54, 1.807) is 35.5 Å². The van der Waals surface area contributed by atoms with E-state index in [-0.39, 0.29) is 25.1 Å². The van der Waals surface area contributed by atoms with E-state index >= 15 is 0 Å². The van der Waals surface area contributed by atoms with Crippen LogP contribution in [0.25, 0.3) is 0 Å². The number of quaternary nitrogens is 1. The molecule has 0 aliphatic carbocycles. The number of rotatable bonds is 9. The Morgan fingerprint density at radius 2 is 1.41 bits per heavy atom. The van der Waals surface area contributed by atoms with E-state index in [9.17, 15) is 5.11 Å². The van der Waals surface area contributed by atoms with Crippen LogP contribution in [-0.2, 0) is 6.42 Å². The molecular weight excluding hydrogens is 434 g/mol. The third kappa shape index (κ3) is 4.70. The molecule has 0 amide bonds. The Bertz CT molecular complexity index is 897. The highest BCUT2D eigenvalue weighted by Gasteiger charge is 2.41. The van der Waals surface area contributed by atoms with Crippen molar-refractivity contribution in [1.82, 2.24) is 0 Å². The molecule has 1 aliphatic heterocycles. The largest absolute Gasteiger partial charge is 1.00 e. The maximum Gasteiger partial charge on any atom is 0.203 e. The molecule has 0 bridgehead atoms. The van der Waals surface area contributed by atoms with Crippen LogP contribution in [-0.4, -0.2) is 71.9 Å². The van der Waals surface area contributed by atoms with E-state index in [0.717, 1.165) is 41.7 Å². The average molecular weight is 468 g/mol. The summed E-state index contributed by atoms with van der Waals surface area (Å²) in [5.41, 5.74) is 3.47. The molecule has 1 N–H and O–H groups in total. The first-order valence-electron chi connectivity index (χ1n) is 10.5. The molecule has 1 aliphatic rings. The standard InChI is InChI=1S/C24H34NO6.ClH/c1-25(9-7-11-26)10-8-16-12-19(27-2)20(28-3)15-18(16)23(25)17-13-21(29-4)24(31-6)22(14-17)30-5;/h12-15,23,26H,7-11H2,1-6H3;1H/q+1;/p-1/t23-,25+;/m0./s1. The molecule has 1 heterocycles. The van der Waals surface area contributed by atoms with Crippen molar-refractivity contribution in [3.63, 3.8) is 0 Å². The molecule has 2 aromatic carbocycles. The van der Waals surface area contributed by atoms with Crippen molar-refractivity contribution in [2.45, 2.75) is 18.9 Å². The number of nitrogens with zero attached hydrogens (tertiary/aromatic N) is 1. The molecule has 0 aromatic heterocycles. The molecule has 2 atom stereocenters. The lowest BCUT2D eigenvalue weighted by molar-refractivity contribution is -0.935. The summed E-state index contributed by atoms with van der Waals surface area (Å²) < 4.78 is 28.7. The number of hydrogen-bond donors (Lipinski definition) is 1. The smallest absolute Gasteiger partial charge is 0.203 e.